The summed E-state index contributed by atoms with van der Waals surface area (Å²) in [6.07, 6.45) is 2.80. The van der Waals surface area contributed by atoms with Gasteiger partial charge < -0.3 is 19.5 Å². The van der Waals surface area contributed by atoms with E-state index in [0.717, 1.165) is 40.6 Å². The van der Waals surface area contributed by atoms with Gasteiger partial charge in [-0.2, -0.15) is 6.07 Å². The van der Waals surface area contributed by atoms with E-state index in [9.17, 15) is 0 Å². The van der Waals surface area contributed by atoms with Gasteiger partial charge in [-0.05, 0) is 116 Å². The summed E-state index contributed by atoms with van der Waals surface area (Å²) in [5, 5.41) is 0. The minimum absolute atomic E-state index is 0. The van der Waals surface area contributed by atoms with Crippen LogP contribution in [0.1, 0.15) is 110 Å². The number of benzene rings is 5. The molecule has 9 rings (SSSR count). The molecule has 5 aromatic carbocycles. The van der Waals surface area contributed by atoms with E-state index in [1.54, 1.807) is 0 Å². The molecule has 3 aliphatic rings. The average molecular weight is 958 g/mol. The number of nitrogens with zero attached hydrogens (tertiary/aromatic N) is 4. The molecule has 1 aliphatic carbocycles. The van der Waals surface area contributed by atoms with Gasteiger partial charge >= 0.3 is 21.1 Å². The molecule has 2 atom stereocenters. The van der Waals surface area contributed by atoms with Crippen LogP contribution in [0.3, 0.4) is 0 Å². The zero-order chi connectivity index (χ0) is 41.1. The van der Waals surface area contributed by atoms with Gasteiger partial charge in [0, 0.05) is 29.1 Å². The summed E-state index contributed by atoms with van der Waals surface area (Å²) in [7, 11) is 0. The molecule has 0 unspecified atom stereocenters. The van der Waals surface area contributed by atoms with Crippen LogP contribution in [-0.4, -0.2) is 16.4 Å². The van der Waals surface area contributed by atoms with Crippen molar-refractivity contribution in [3.05, 3.63) is 171 Å². The first kappa shape index (κ1) is 40.8. The van der Waals surface area contributed by atoms with Crippen molar-refractivity contribution in [1.82, 2.24) is 4.98 Å². The Morgan fingerprint density at radius 1 is 0.712 bits per heavy atom. The smallest absolute Gasteiger partial charge is 0.503 e. The molecule has 6 aromatic rings. The van der Waals surface area contributed by atoms with Crippen molar-refractivity contribution in [2.45, 2.75) is 111 Å². The Hall–Kier alpha value is -4.99. The first-order valence-corrected chi connectivity index (χ1v) is 20.6. The van der Waals surface area contributed by atoms with E-state index in [1.807, 2.05) is 6.20 Å². The van der Waals surface area contributed by atoms with Gasteiger partial charge in [0.1, 0.15) is 5.82 Å². The van der Waals surface area contributed by atoms with E-state index in [2.05, 4.69) is 196 Å². The third-order valence-electron chi connectivity index (χ3n) is 13.4. The van der Waals surface area contributed by atoms with E-state index in [-0.39, 0.29) is 31.9 Å². The molecule has 59 heavy (non-hydrogen) atoms. The molecular weight excluding hydrogens is 904 g/mol. The van der Waals surface area contributed by atoms with Gasteiger partial charge in [-0.3, -0.25) is 0 Å². The van der Waals surface area contributed by atoms with Crippen molar-refractivity contribution < 1.29 is 25.8 Å². The monoisotopic (exact) mass is 957 g/mol. The number of ether oxygens (including phenoxy) is 1. The second kappa shape index (κ2) is 14.1. The number of hydrogen-bond acceptors (Lipinski definition) is 5. The number of aryl methyl sites for hydroxylation is 5. The molecule has 3 heterocycles. The number of aromatic nitrogens is 1. The van der Waals surface area contributed by atoms with Crippen molar-refractivity contribution in [3.63, 3.8) is 0 Å². The Kier molecular flexibility index (Phi) is 9.71. The van der Waals surface area contributed by atoms with Gasteiger partial charge in [-0.25, -0.2) is 4.98 Å². The standard InChI is InChI=1S/C53H54N4O.Pt/c1-32-26-35(4)48(36(5)27-32)57-49(55-52(11)31-40-33(2)16-15-18-41(40)53(52,57)12)37-21-20-34(3)46(28-37)58-39-22-23-43-45(30-39)56(44-19-14-13-17-42(44)51(43,9)10)47-29-38(24-25-54-47)50(6,7)8;/h13-27,29H,31H2,1-12H3;/q-2;+2/t52-,53+;/m1./s1. The van der Waals surface area contributed by atoms with Gasteiger partial charge in [0.2, 0.25) is 0 Å². The van der Waals surface area contributed by atoms with Crippen LogP contribution in [0.4, 0.5) is 22.9 Å². The van der Waals surface area contributed by atoms with Crippen LogP contribution >= 0.6 is 0 Å². The van der Waals surface area contributed by atoms with E-state index in [1.165, 1.54) is 55.8 Å². The number of hydrogen-bond donors (Lipinski definition) is 0. The van der Waals surface area contributed by atoms with E-state index in [4.69, 9.17) is 14.7 Å². The van der Waals surface area contributed by atoms with Crippen LogP contribution < -0.4 is 14.5 Å². The van der Waals surface area contributed by atoms with Gasteiger partial charge in [-0.15, -0.1) is 35.4 Å². The SMILES string of the molecule is Cc1cc(C)c(N2C(c3[c-]c(Oc4[c-]c5c(cc4)C(C)(C)c4ccccc4N5c4cc(C(C)(C)C)ccn4)c(C)cc3)=N[C@]3(C)Cc4c(C)cccc4[C@]23C)c(C)c1.[Pt+2]. The largest absolute Gasteiger partial charge is 2.00 e. The Morgan fingerprint density at radius 3 is 2.15 bits per heavy atom. The Morgan fingerprint density at radius 2 is 1.42 bits per heavy atom. The molecule has 5 nitrogen and oxygen atoms in total. The van der Waals surface area contributed by atoms with Crippen molar-refractivity contribution >= 4 is 28.7 Å². The number of anilines is 4. The molecule has 0 fully saturated rings. The summed E-state index contributed by atoms with van der Waals surface area (Å²) in [6.45, 7) is 27.0. The number of fused-ring (bicyclic) bond motifs is 5. The van der Waals surface area contributed by atoms with Gasteiger partial charge in [0.25, 0.3) is 0 Å². The molecule has 0 radical (unpaired) electrons. The molecule has 1 aromatic heterocycles. The molecule has 0 saturated carbocycles. The Balaban J connectivity index is 0.00000484. The van der Waals surface area contributed by atoms with Crippen LogP contribution in [0.5, 0.6) is 11.5 Å². The fourth-order valence-electron chi connectivity index (χ4n) is 10.0. The van der Waals surface area contributed by atoms with Crippen LogP contribution in [0.2, 0.25) is 0 Å². The van der Waals surface area contributed by atoms with E-state index >= 15 is 0 Å². The number of rotatable bonds is 5. The third kappa shape index (κ3) is 6.21. The predicted octanol–water partition coefficient (Wildman–Crippen LogP) is 12.9. The molecule has 302 valence electrons. The molecule has 6 heteroatoms. The minimum Gasteiger partial charge on any atom is -0.503 e. The van der Waals surface area contributed by atoms with Crippen LogP contribution in [0, 0.1) is 46.8 Å². The first-order chi connectivity index (χ1) is 27.4. The maximum absolute atomic E-state index is 6.88. The molecule has 0 amide bonds. The van der Waals surface area contributed by atoms with E-state index in [0.29, 0.717) is 11.5 Å². The molecule has 0 saturated heterocycles. The Bertz CT molecular complexity index is 2680. The number of amidine groups is 1. The van der Waals surface area contributed by atoms with Crippen LogP contribution in [-0.2, 0) is 43.9 Å². The minimum atomic E-state index is -0.411. The summed E-state index contributed by atoms with van der Waals surface area (Å²) in [5.41, 5.74) is 15.5. The summed E-state index contributed by atoms with van der Waals surface area (Å²) in [6, 6.07) is 40.4. The molecule has 2 aliphatic heterocycles. The maximum Gasteiger partial charge on any atom is 2.00 e. The molecule has 0 bridgehead atoms. The molecule has 0 spiro atoms. The van der Waals surface area contributed by atoms with Crippen LogP contribution in [0.15, 0.2) is 102 Å². The topological polar surface area (TPSA) is 41.0 Å². The summed E-state index contributed by atoms with van der Waals surface area (Å²) in [4.78, 5) is 15.4. The average Bonchev–Trinajstić information content (AvgIpc) is 3.53. The number of para-hydroxylation sites is 1. The Labute approximate surface area is 365 Å². The maximum atomic E-state index is 6.88. The molecule has 0 N–H and O–H groups in total. The first-order valence-electron chi connectivity index (χ1n) is 20.6. The van der Waals surface area contributed by atoms with Gasteiger partial charge in [0.15, 0.2) is 0 Å². The third-order valence-corrected chi connectivity index (χ3v) is 13.4. The summed E-state index contributed by atoms with van der Waals surface area (Å²) >= 11 is 0. The van der Waals surface area contributed by atoms with Gasteiger partial charge in [0.05, 0.1) is 16.9 Å². The molecular formula is C53H54N4OPt. The quantitative estimate of drug-likeness (QED) is 0.161. The van der Waals surface area contributed by atoms with Crippen molar-refractivity contribution in [2.24, 2.45) is 4.99 Å². The van der Waals surface area contributed by atoms with Crippen molar-refractivity contribution in [3.8, 4) is 11.5 Å². The van der Waals surface area contributed by atoms with Crippen LogP contribution in [0.25, 0.3) is 0 Å². The van der Waals surface area contributed by atoms with Crippen molar-refractivity contribution in [2.75, 3.05) is 9.80 Å². The normalized spacial score (nSPS) is 20.0. The zero-order valence-corrected chi connectivity index (χ0v) is 38.7. The summed E-state index contributed by atoms with van der Waals surface area (Å²) < 4.78 is 6.88. The van der Waals surface area contributed by atoms with Crippen molar-refractivity contribution in [1.29, 1.82) is 0 Å². The summed E-state index contributed by atoms with van der Waals surface area (Å²) in [5.74, 6) is 3.06. The second-order valence-corrected chi connectivity index (χ2v) is 18.8. The second-order valence-electron chi connectivity index (χ2n) is 18.8. The van der Waals surface area contributed by atoms with Gasteiger partial charge in [-0.1, -0.05) is 113 Å². The predicted molar refractivity (Wildman–Crippen MR) is 239 cm³/mol. The number of aliphatic imine (C=N–C) groups is 1. The van der Waals surface area contributed by atoms with E-state index < -0.39 is 11.1 Å². The number of pyridine rings is 1. The fraction of sp³-hybridized carbons (Fsp3) is 0.321. The zero-order valence-electron chi connectivity index (χ0n) is 36.5. The fourth-order valence-corrected chi connectivity index (χ4v) is 10.0.